The van der Waals surface area contributed by atoms with E-state index in [0.717, 1.165) is 17.7 Å². The molecule has 0 spiro atoms. The Morgan fingerprint density at radius 3 is 2.35 bits per heavy atom. The van der Waals surface area contributed by atoms with Crippen LogP contribution in [0.4, 0.5) is 24.5 Å². The van der Waals surface area contributed by atoms with E-state index in [1.165, 1.54) is 4.90 Å². The molecule has 11 heteroatoms. The number of halogens is 3. The molecular weight excluding hydrogens is 433 g/mol. The van der Waals surface area contributed by atoms with Crippen molar-refractivity contribution in [2.75, 3.05) is 42.9 Å². The second kappa shape index (κ2) is 8.85. The lowest BCUT2D eigenvalue weighted by atomic mass is 10.1. The molecule has 1 aliphatic rings. The van der Waals surface area contributed by atoms with Crippen molar-refractivity contribution in [2.45, 2.75) is 18.0 Å². The van der Waals surface area contributed by atoms with E-state index in [4.69, 9.17) is 5.14 Å². The van der Waals surface area contributed by atoms with Gasteiger partial charge in [0.05, 0.1) is 17.0 Å². The summed E-state index contributed by atoms with van der Waals surface area (Å²) in [6, 6.07) is 10.1. The number of hydrogen-bond acceptors (Lipinski definition) is 5. The number of rotatable bonds is 5. The number of carbonyl (C=O) groups is 1. The van der Waals surface area contributed by atoms with Gasteiger partial charge in [0.25, 0.3) is 0 Å². The lowest BCUT2D eigenvalue weighted by molar-refractivity contribution is -0.137. The Morgan fingerprint density at radius 2 is 1.77 bits per heavy atom. The fourth-order valence-corrected chi connectivity index (χ4v) is 4.01. The number of primary sulfonamides is 1. The normalized spacial score (nSPS) is 15.7. The van der Waals surface area contributed by atoms with Crippen molar-refractivity contribution in [2.24, 2.45) is 5.14 Å². The molecule has 0 atom stereocenters. The molecule has 0 bridgehead atoms. The summed E-state index contributed by atoms with van der Waals surface area (Å²) < 4.78 is 63.5. The molecule has 2 aromatic carbocycles. The van der Waals surface area contributed by atoms with Crippen molar-refractivity contribution in [1.29, 1.82) is 0 Å². The molecular formula is C20H23F3N4O3S. The maximum Gasteiger partial charge on any atom is 0.418 e. The van der Waals surface area contributed by atoms with Crippen molar-refractivity contribution in [1.82, 2.24) is 4.90 Å². The van der Waals surface area contributed by atoms with Gasteiger partial charge in [0.2, 0.25) is 15.9 Å². The Labute approximate surface area is 178 Å². The van der Waals surface area contributed by atoms with Crippen LogP contribution in [0.1, 0.15) is 11.1 Å². The van der Waals surface area contributed by atoms with Gasteiger partial charge in [0.15, 0.2) is 0 Å². The summed E-state index contributed by atoms with van der Waals surface area (Å²) in [7, 11) is -4.26. The molecule has 7 nitrogen and oxygen atoms in total. The molecule has 1 fully saturated rings. The van der Waals surface area contributed by atoms with E-state index >= 15 is 0 Å². The number of benzene rings is 2. The fourth-order valence-electron chi connectivity index (χ4n) is 3.47. The number of anilines is 2. The van der Waals surface area contributed by atoms with Gasteiger partial charge < -0.3 is 10.2 Å². The summed E-state index contributed by atoms with van der Waals surface area (Å²) in [6.07, 6.45) is -4.74. The van der Waals surface area contributed by atoms with Crippen LogP contribution in [-0.4, -0.2) is 51.9 Å². The van der Waals surface area contributed by atoms with E-state index in [9.17, 15) is 26.4 Å². The number of piperazine rings is 1. The molecule has 2 aromatic rings. The predicted molar refractivity (Wildman–Crippen MR) is 111 cm³/mol. The van der Waals surface area contributed by atoms with Gasteiger partial charge in [-0.3, -0.25) is 9.69 Å². The summed E-state index contributed by atoms with van der Waals surface area (Å²) in [6.45, 7) is 3.33. The molecule has 0 aromatic heterocycles. The van der Waals surface area contributed by atoms with Gasteiger partial charge in [0, 0.05) is 37.6 Å². The molecule has 1 aliphatic heterocycles. The summed E-state index contributed by atoms with van der Waals surface area (Å²) in [4.78, 5) is 15.1. The lowest BCUT2D eigenvalue weighted by Crippen LogP contribution is -2.49. The fraction of sp³-hybridized carbons (Fsp3) is 0.350. The molecule has 0 radical (unpaired) electrons. The lowest BCUT2D eigenvalue weighted by Gasteiger charge is -2.36. The van der Waals surface area contributed by atoms with Crippen LogP contribution in [-0.2, 0) is 21.0 Å². The highest BCUT2D eigenvalue weighted by Crippen LogP contribution is 2.38. The van der Waals surface area contributed by atoms with Gasteiger partial charge in [-0.2, -0.15) is 13.2 Å². The molecule has 3 N–H and O–H groups in total. The minimum absolute atomic E-state index is 0.108. The second-order valence-electron chi connectivity index (χ2n) is 7.40. The Kier molecular flexibility index (Phi) is 6.58. The molecule has 1 saturated heterocycles. The first-order chi connectivity index (χ1) is 14.4. The van der Waals surface area contributed by atoms with Crippen LogP contribution < -0.4 is 15.4 Å². The van der Waals surface area contributed by atoms with Gasteiger partial charge in [0.1, 0.15) is 0 Å². The largest absolute Gasteiger partial charge is 0.418 e. The first kappa shape index (κ1) is 23.0. The Hall–Kier alpha value is -2.63. The maximum atomic E-state index is 13.5. The molecule has 168 valence electrons. The van der Waals surface area contributed by atoms with Crippen LogP contribution in [0.15, 0.2) is 47.4 Å². The molecule has 1 heterocycles. The van der Waals surface area contributed by atoms with Crippen molar-refractivity contribution < 1.29 is 26.4 Å². The van der Waals surface area contributed by atoms with Gasteiger partial charge >= 0.3 is 6.18 Å². The Balaban J connectivity index is 1.66. The summed E-state index contributed by atoms with van der Waals surface area (Å²) >= 11 is 0. The van der Waals surface area contributed by atoms with Gasteiger partial charge in [-0.25, -0.2) is 13.6 Å². The van der Waals surface area contributed by atoms with Crippen LogP contribution in [0.2, 0.25) is 0 Å². The van der Waals surface area contributed by atoms with Crippen LogP contribution in [0, 0.1) is 6.92 Å². The highest BCUT2D eigenvalue weighted by molar-refractivity contribution is 7.89. The Bertz CT molecular complexity index is 1070. The van der Waals surface area contributed by atoms with E-state index < -0.39 is 26.7 Å². The topological polar surface area (TPSA) is 95.7 Å². The number of carbonyl (C=O) groups excluding carboxylic acids is 1. The summed E-state index contributed by atoms with van der Waals surface area (Å²) in [5.41, 5.74) is 0.544. The first-order valence-corrected chi connectivity index (χ1v) is 11.1. The summed E-state index contributed by atoms with van der Waals surface area (Å²) in [5.74, 6) is -0.201. The van der Waals surface area contributed by atoms with Gasteiger partial charge in [-0.05, 0) is 42.8 Å². The van der Waals surface area contributed by atoms with Crippen LogP contribution in [0.3, 0.4) is 0 Å². The highest BCUT2D eigenvalue weighted by atomic mass is 32.2. The number of alkyl halides is 3. The Morgan fingerprint density at radius 1 is 1.10 bits per heavy atom. The molecule has 0 unspecified atom stereocenters. The maximum absolute atomic E-state index is 13.5. The van der Waals surface area contributed by atoms with Crippen LogP contribution in [0.5, 0.6) is 0 Å². The van der Waals surface area contributed by atoms with Gasteiger partial charge in [-0.1, -0.05) is 12.1 Å². The zero-order valence-corrected chi connectivity index (χ0v) is 17.6. The highest BCUT2D eigenvalue weighted by Gasteiger charge is 2.36. The van der Waals surface area contributed by atoms with Crippen LogP contribution in [0.25, 0.3) is 0 Å². The smallest absolute Gasteiger partial charge is 0.368 e. The molecule has 1 amide bonds. The van der Waals surface area contributed by atoms with Crippen molar-refractivity contribution in [3.63, 3.8) is 0 Å². The number of hydrogen-bond donors (Lipinski definition) is 2. The zero-order valence-electron chi connectivity index (χ0n) is 16.8. The van der Waals surface area contributed by atoms with E-state index in [1.54, 1.807) is 6.07 Å². The predicted octanol–water partition coefficient (Wildman–Crippen LogP) is 2.42. The first-order valence-electron chi connectivity index (χ1n) is 9.51. The third-order valence-corrected chi connectivity index (χ3v) is 5.89. The molecule has 0 aliphatic carbocycles. The number of aryl methyl sites for hydroxylation is 1. The van der Waals surface area contributed by atoms with Crippen molar-refractivity contribution in [3.8, 4) is 0 Å². The van der Waals surface area contributed by atoms with Crippen molar-refractivity contribution >= 4 is 27.3 Å². The minimum atomic E-state index is -4.74. The quantitative estimate of drug-likeness (QED) is 0.721. The van der Waals surface area contributed by atoms with Gasteiger partial charge in [-0.15, -0.1) is 0 Å². The average Bonchev–Trinajstić information content (AvgIpc) is 2.66. The van der Waals surface area contributed by atoms with E-state index in [-0.39, 0.29) is 31.2 Å². The van der Waals surface area contributed by atoms with E-state index in [2.05, 4.69) is 5.32 Å². The molecule has 3 rings (SSSR count). The van der Waals surface area contributed by atoms with E-state index in [1.807, 2.05) is 30.0 Å². The zero-order chi connectivity index (χ0) is 22.8. The number of nitrogens with zero attached hydrogens (tertiary/aromatic N) is 2. The average molecular weight is 456 g/mol. The molecule has 31 heavy (non-hydrogen) atoms. The third-order valence-electron chi connectivity index (χ3n) is 4.98. The van der Waals surface area contributed by atoms with E-state index in [0.29, 0.717) is 24.8 Å². The SMILES string of the molecule is Cc1cccc(NC(=O)CN2CCN(c3ccc(S(N)(=O)=O)cc3C(F)(F)F)CC2)c1. The minimum Gasteiger partial charge on any atom is -0.368 e. The number of nitrogens with two attached hydrogens (primary N) is 1. The monoisotopic (exact) mass is 456 g/mol. The summed E-state index contributed by atoms with van der Waals surface area (Å²) in [5, 5.41) is 7.78. The number of amides is 1. The number of sulfonamides is 1. The standard InChI is InChI=1S/C20H23F3N4O3S/c1-14-3-2-4-15(11-14)25-19(28)13-26-7-9-27(10-8-26)18-6-5-16(31(24,29)30)12-17(18)20(21,22)23/h2-6,11-12H,7-10,13H2,1H3,(H,25,28)(H2,24,29,30). The molecule has 0 saturated carbocycles. The van der Waals surface area contributed by atoms with Crippen molar-refractivity contribution in [3.05, 3.63) is 53.6 Å². The number of nitrogens with one attached hydrogen (secondary N) is 1. The third kappa shape index (κ3) is 5.96. The van der Waals surface area contributed by atoms with Crippen LogP contribution >= 0.6 is 0 Å². The second-order valence-corrected chi connectivity index (χ2v) is 8.96.